The molecule has 3 unspecified atom stereocenters. The summed E-state index contributed by atoms with van der Waals surface area (Å²) in [5.41, 5.74) is 2.60. The summed E-state index contributed by atoms with van der Waals surface area (Å²) in [7, 11) is -4.12. The molecule has 0 saturated heterocycles. The lowest BCUT2D eigenvalue weighted by Gasteiger charge is -2.27. The minimum atomic E-state index is -4.12. The molecule has 0 aliphatic carbocycles. The largest absolute Gasteiger partial charge is 0.466 e. The van der Waals surface area contributed by atoms with E-state index >= 15 is 0 Å². The Morgan fingerprint density at radius 3 is 2.12 bits per heavy atom. The highest BCUT2D eigenvalue weighted by atomic mass is 31.2. The Hall–Kier alpha value is -3.93. The summed E-state index contributed by atoms with van der Waals surface area (Å²) in [6.45, 7) is 1.90. The van der Waals surface area contributed by atoms with Gasteiger partial charge in [-0.05, 0) is 47.2 Å². The number of carbonyl (C=O) groups excluding carboxylic acids is 2. The zero-order chi connectivity index (χ0) is 29.1. The molecule has 0 fully saturated rings. The molecule has 0 aliphatic rings. The Bertz CT molecular complexity index is 1480. The van der Waals surface area contributed by atoms with Gasteiger partial charge in [-0.25, -0.2) is 4.79 Å². The lowest BCUT2D eigenvalue weighted by Crippen LogP contribution is -2.38. The second-order valence-corrected chi connectivity index (χ2v) is 12.5. The van der Waals surface area contributed by atoms with Crippen molar-refractivity contribution in [2.75, 3.05) is 12.8 Å². The number of alkyl carbamates (subject to hydrolysis) is 1. The van der Waals surface area contributed by atoms with Gasteiger partial charge in [-0.3, -0.25) is 9.36 Å². The highest BCUT2D eigenvalue weighted by molar-refractivity contribution is 7.58. The third-order valence-corrected chi connectivity index (χ3v) is 9.20. The Kier molecular flexibility index (Phi) is 10.7. The van der Waals surface area contributed by atoms with Crippen molar-refractivity contribution in [3.63, 3.8) is 0 Å². The Morgan fingerprint density at radius 1 is 0.805 bits per heavy atom. The highest BCUT2D eigenvalue weighted by Crippen LogP contribution is 2.49. The summed E-state index contributed by atoms with van der Waals surface area (Å²) < 4.78 is 24.6. The zero-order valence-corrected chi connectivity index (χ0v) is 24.0. The first kappa shape index (κ1) is 30.0. The van der Waals surface area contributed by atoms with Crippen LogP contribution in [0.5, 0.6) is 0 Å². The van der Waals surface area contributed by atoms with Gasteiger partial charge in [0.15, 0.2) is 0 Å². The number of carbonyl (C=O) groups is 2. The van der Waals surface area contributed by atoms with Gasteiger partial charge >= 0.3 is 12.1 Å². The van der Waals surface area contributed by atoms with Crippen molar-refractivity contribution in [3.05, 3.63) is 120 Å². The van der Waals surface area contributed by atoms with Crippen LogP contribution in [0, 0.1) is 5.92 Å². The summed E-state index contributed by atoms with van der Waals surface area (Å²) in [5, 5.41) is 4.83. The fourth-order valence-corrected chi connectivity index (χ4v) is 6.78. The van der Waals surface area contributed by atoms with Crippen LogP contribution in [-0.2, 0) is 38.3 Å². The molecule has 1 amide bonds. The van der Waals surface area contributed by atoms with Gasteiger partial charge in [0.1, 0.15) is 12.4 Å². The van der Waals surface area contributed by atoms with Gasteiger partial charge in [0.05, 0.1) is 12.5 Å². The number of amides is 1. The lowest BCUT2D eigenvalue weighted by molar-refractivity contribution is -0.147. The van der Waals surface area contributed by atoms with Crippen molar-refractivity contribution < 1.29 is 28.5 Å². The van der Waals surface area contributed by atoms with E-state index in [9.17, 15) is 19.0 Å². The van der Waals surface area contributed by atoms with Gasteiger partial charge in [0.25, 0.3) is 0 Å². The van der Waals surface area contributed by atoms with Gasteiger partial charge in [0.2, 0.25) is 7.37 Å². The predicted molar refractivity (Wildman–Crippen MR) is 161 cm³/mol. The smallest absolute Gasteiger partial charge is 0.408 e. The summed E-state index contributed by atoms with van der Waals surface area (Å²) in [6.07, 6.45) is -0.152. The topological polar surface area (TPSA) is 102 Å². The standard InChI is InChI=1S/C33H36NO6P/c1-2-39-32(35)30(20-18-26-17-19-28-15-9-10-16-29(28)21-26)24-41(37,38)31(22-25-11-5-3-6-12-25)34-33(36)40-23-27-13-7-4-8-14-27/h3-17,19,21,30-31H,2,18,20,22-24H2,1H3,(H,34,36)(H,37,38). The lowest BCUT2D eigenvalue weighted by atomic mass is 9.99. The van der Waals surface area contributed by atoms with Crippen LogP contribution in [0.2, 0.25) is 0 Å². The molecular weight excluding hydrogens is 537 g/mol. The second-order valence-electron chi connectivity index (χ2n) is 10.0. The number of aryl methyl sites for hydroxylation is 1. The molecule has 0 aliphatic heterocycles. The van der Waals surface area contributed by atoms with Gasteiger partial charge in [-0.1, -0.05) is 103 Å². The quantitative estimate of drug-likeness (QED) is 0.136. The maximum Gasteiger partial charge on any atom is 0.408 e. The van der Waals surface area contributed by atoms with Gasteiger partial charge in [-0.15, -0.1) is 0 Å². The fraction of sp³-hybridized carbons (Fsp3) is 0.273. The number of ether oxygens (including phenoxy) is 2. The van der Waals surface area contributed by atoms with Crippen molar-refractivity contribution in [2.24, 2.45) is 5.92 Å². The number of nitrogens with one attached hydrogen (secondary N) is 1. The van der Waals surface area contributed by atoms with Crippen LogP contribution in [0.1, 0.15) is 30.0 Å². The fourth-order valence-electron chi connectivity index (χ4n) is 4.75. The van der Waals surface area contributed by atoms with Crippen molar-refractivity contribution in [2.45, 2.75) is 38.6 Å². The van der Waals surface area contributed by atoms with Crippen molar-refractivity contribution in [1.82, 2.24) is 5.32 Å². The average molecular weight is 574 g/mol. The summed E-state index contributed by atoms with van der Waals surface area (Å²) in [6, 6.07) is 32.5. The van der Waals surface area contributed by atoms with Crippen LogP contribution in [0.25, 0.3) is 10.8 Å². The predicted octanol–water partition coefficient (Wildman–Crippen LogP) is 6.72. The molecule has 214 valence electrons. The Labute approximate surface area is 241 Å². The van der Waals surface area contributed by atoms with Crippen LogP contribution in [-0.4, -0.2) is 35.5 Å². The van der Waals surface area contributed by atoms with E-state index in [0.29, 0.717) is 12.8 Å². The average Bonchev–Trinajstić information content (AvgIpc) is 2.99. The molecule has 0 heterocycles. The first-order chi connectivity index (χ1) is 19.8. The van der Waals surface area contributed by atoms with Crippen LogP contribution in [0.4, 0.5) is 4.79 Å². The molecule has 7 nitrogen and oxygen atoms in total. The first-order valence-electron chi connectivity index (χ1n) is 13.8. The van der Waals surface area contributed by atoms with Crippen molar-refractivity contribution in [3.8, 4) is 0 Å². The maximum absolute atomic E-state index is 13.9. The third-order valence-electron chi connectivity index (χ3n) is 6.95. The van der Waals surface area contributed by atoms with E-state index in [1.807, 2.05) is 97.1 Å². The Morgan fingerprint density at radius 2 is 1.44 bits per heavy atom. The van der Waals surface area contributed by atoms with Gasteiger partial charge < -0.3 is 19.7 Å². The van der Waals surface area contributed by atoms with Crippen molar-refractivity contribution >= 4 is 30.2 Å². The van der Waals surface area contributed by atoms with E-state index < -0.39 is 31.1 Å². The summed E-state index contributed by atoms with van der Waals surface area (Å²) in [4.78, 5) is 37.1. The van der Waals surface area contributed by atoms with Gasteiger partial charge in [0, 0.05) is 12.6 Å². The molecule has 4 aromatic carbocycles. The molecule has 4 aromatic rings. The molecule has 0 bridgehead atoms. The number of fused-ring (bicyclic) bond motifs is 1. The van der Waals surface area contributed by atoms with Crippen LogP contribution < -0.4 is 5.32 Å². The van der Waals surface area contributed by atoms with E-state index in [4.69, 9.17) is 9.47 Å². The van der Waals surface area contributed by atoms with Crippen LogP contribution in [0.3, 0.4) is 0 Å². The molecule has 0 saturated carbocycles. The minimum absolute atomic E-state index is 0.0255. The first-order valence-corrected chi connectivity index (χ1v) is 15.7. The monoisotopic (exact) mass is 573 g/mol. The second kappa shape index (κ2) is 14.6. The number of benzene rings is 4. The summed E-state index contributed by atoms with van der Waals surface area (Å²) >= 11 is 0. The molecule has 0 spiro atoms. The van der Waals surface area contributed by atoms with E-state index in [0.717, 1.165) is 27.5 Å². The maximum atomic E-state index is 13.9. The number of rotatable bonds is 13. The van der Waals surface area contributed by atoms with E-state index in [-0.39, 0.29) is 25.8 Å². The summed E-state index contributed by atoms with van der Waals surface area (Å²) in [5.74, 6) is -2.49. The Balaban J connectivity index is 1.49. The molecule has 41 heavy (non-hydrogen) atoms. The van der Waals surface area contributed by atoms with E-state index in [1.165, 1.54) is 0 Å². The molecule has 8 heteroatoms. The molecule has 0 aromatic heterocycles. The molecule has 0 radical (unpaired) electrons. The zero-order valence-electron chi connectivity index (χ0n) is 23.1. The van der Waals surface area contributed by atoms with Crippen LogP contribution >= 0.6 is 7.37 Å². The molecule has 3 atom stereocenters. The van der Waals surface area contributed by atoms with E-state index in [2.05, 4.69) is 11.4 Å². The van der Waals surface area contributed by atoms with Crippen molar-refractivity contribution in [1.29, 1.82) is 0 Å². The SMILES string of the molecule is CCOC(=O)C(CCc1ccc2ccccc2c1)CP(=O)(O)C(Cc1ccccc1)NC(=O)OCc1ccccc1. The third kappa shape index (κ3) is 9.04. The van der Waals surface area contributed by atoms with Gasteiger partial charge in [-0.2, -0.15) is 0 Å². The number of esters is 1. The molecule has 4 rings (SSSR count). The normalized spacial score (nSPS) is 14.0. The van der Waals surface area contributed by atoms with Crippen LogP contribution in [0.15, 0.2) is 103 Å². The number of hydrogen-bond acceptors (Lipinski definition) is 5. The molecule has 2 N–H and O–H groups in total. The minimum Gasteiger partial charge on any atom is -0.466 e. The molecular formula is C33H36NO6P. The highest BCUT2D eigenvalue weighted by Gasteiger charge is 2.38. The van der Waals surface area contributed by atoms with E-state index in [1.54, 1.807) is 6.92 Å². The number of hydrogen-bond donors (Lipinski definition) is 2.